The molecule has 3 rings (SSSR count). The van der Waals surface area contributed by atoms with Crippen LogP contribution in [-0.2, 0) is 6.54 Å². The summed E-state index contributed by atoms with van der Waals surface area (Å²) in [7, 11) is 0. The lowest BCUT2D eigenvalue weighted by molar-refractivity contribution is 0.0981. The molecule has 2 heterocycles. The van der Waals surface area contributed by atoms with E-state index in [0.29, 0.717) is 4.47 Å². The Kier molecular flexibility index (Phi) is 6.44. The first-order chi connectivity index (χ1) is 9.72. The van der Waals surface area contributed by atoms with Gasteiger partial charge >= 0.3 is 0 Å². The van der Waals surface area contributed by atoms with E-state index in [2.05, 4.69) is 31.0 Å². The van der Waals surface area contributed by atoms with E-state index in [9.17, 15) is 4.39 Å². The van der Waals surface area contributed by atoms with Gasteiger partial charge in [0.1, 0.15) is 5.82 Å². The van der Waals surface area contributed by atoms with Gasteiger partial charge < -0.3 is 5.32 Å². The molecule has 3 nitrogen and oxygen atoms in total. The van der Waals surface area contributed by atoms with Crippen LogP contribution in [0.1, 0.15) is 12.0 Å². The van der Waals surface area contributed by atoms with Crippen LogP contribution < -0.4 is 5.32 Å². The van der Waals surface area contributed by atoms with Crippen molar-refractivity contribution >= 4 is 28.3 Å². The first-order valence-corrected chi connectivity index (χ1v) is 8.13. The lowest BCUT2D eigenvalue weighted by atomic mass is 10.1. The minimum absolute atomic E-state index is 0. The molecule has 2 fully saturated rings. The third-order valence-electron chi connectivity index (χ3n) is 4.35. The smallest absolute Gasteiger partial charge is 0.137 e. The predicted octanol–water partition coefficient (Wildman–Crippen LogP) is 2.49. The van der Waals surface area contributed by atoms with Crippen LogP contribution in [0, 0.1) is 5.82 Å². The zero-order valence-electron chi connectivity index (χ0n) is 12.0. The molecule has 0 spiro atoms. The van der Waals surface area contributed by atoms with E-state index in [1.807, 2.05) is 6.07 Å². The lowest BCUT2D eigenvalue weighted by Gasteiger charge is -2.37. The van der Waals surface area contributed by atoms with Gasteiger partial charge in [-0.1, -0.05) is 6.07 Å². The molecule has 1 aromatic rings. The monoisotopic (exact) mass is 377 g/mol. The SMILES string of the molecule is Cl.Fc1cc(CN2CCN(C3CCNC3)CC2)ccc1Br. The predicted molar refractivity (Wildman–Crippen MR) is 89.5 cm³/mol. The molecule has 6 heteroatoms. The van der Waals surface area contributed by atoms with Gasteiger partial charge in [0.15, 0.2) is 0 Å². The molecule has 118 valence electrons. The average Bonchev–Trinajstić information content (AvgIpc) is 2.98. The number of piperazine rings is 1. The molecular formula is C15H22BrClFN3. The molecule has 1 aromatic carbocycles. The van der Waals surface area contributed by atoms with Crippen molar-refractivity contribution in [2.45, 2.75) is 19.0 Å². The molecule has 0 aliphatic carbocycles. The Morgan fingerprint density at radius 1 is 1.24 bits per heavy atom. The fraction of sp³-hybridized carbons (Fsp3) is 0.600. The van der Waals surface area contributed by atoms with Crippen LogP contribution in [0.2, 0.25) is 0 Å². The van der Waals surface area contributed by atoms with Gasteiger partial charge in [-0.05, 0) is 46.6 Å². The van der Waals surface area contributed by atoms with Crippen LogP contribution >= 0.6 is 28.3 Å². The average molecular weight is 379 g/mol. The third-order valence-corrected chi connectivity index (χ3v) is 4.99. The van der Waals surface area contributed by atoms with E-state index in [-0.39, 0.29) is 18.2 Å². The van der Waals surface area contributed by atoms with Crippen LogP contribution in [0.5, 0.6) is 0 Å². The topological polar surface area (TPSA) is 18.5 Å². The first-order valence-electron chi connectivity index (χ1n) is 7.33. The summed E-state index contributed by atoms with van der Waals surface area (Å²) in [6.45, 7) is 7.56. The maximum absolute atomic E-state index is 13.5. The van der Waals surface area contributed by atoms with Crippen LogP contribution in [0.15, 0.2) is 22.7 Å². The molecule has 1 N–H and O–H groups in total. The molecular weight excluding hydrogens is 357 g/mol. The second kappa shape index (κ2) is 7.88. The Balaban J connectivity index is 0.00000161. The van der Waals surface area contributed by atoms with Crippen molar-refractivity contribution in [1.29, 1.82) is 0 Å². The summed E-state index contributed by atoms with van der Waals surface area (Å²) in [5, 5.41) is 3.43. The van der Waals surface area contributed by atoms with Crippen molar-refractivity contribution < 1.29 is 4.39 Å². The molecule has 0 radical (unpaired) electrons. The minimum atomic E-state index is -0.168. The zero-order valence-corrected chi connectivity index (χ0v) is 14.4. The number of rotatable bonds is 3. The minimum Gasteiger partial charge on any atom is -0.315 e. The number of hydrogen-bond acceptors (Lipinski definition) is 3. The Labute approximate surface area is 140 Å². The number of nitrogens with zero attached hydrogens (tertiary/aromatic N) is 2. The van der Waals surface area contributed by atoms with Crippen molar-refractivity contribution in [3.05, 3.63) is 34.1 Å². The van der Waals surface area contributed by atoms with Gasteiger partial charge in [-0.3, -0.25) is 9.80 Å². The van der Waals surface area contributed by atoms with Crippen LogP contribution in [-0.4, -0.2) is 55.1 Å². The van der Waals surface area contributed by atoms with Gasteiger partial charge in [0.25, 0.3) is 0 Å². The second-order valence-corrected chi connectivity index (χ2v) is 6.56. The van der Waals surface area contributed by atoms with Gasteiger partial charge in [0, 0.05) is 45.3 Å². The molecule has 2 aliphatic rings. The van der Waals surface area contributed by atoms with E-state index in [1.54, 1.807) is 12.1 Å². The molecule has 1 atom stereocenters. The van der Waals surface area contributed by atoms with E-state index < -0.39 is 0 Å². The van der Waals surface area contributed by atoms with Gasteiger partial charge in [-0.25, -0.2) is 4.39 Å². The van der Waals surface area contributed by atoms with Crippen LogP contribution in [0.25, 0.3) is 0 Å². The molecule has 1 unspecified atom stereocenters. The maximum atomic E-state index is 13.5. The van der Waals surface area contributed by atoms with Crippen LogP contribution in [0.4, 0.5) is 4.39 Å². The maximum Gasteiger partial charge on any atom is 0.137 e. The fourth-order valence-corrected chi connectivity index (χ4v) is 3.38. The lowest BCUT2D eigenvalue weighted by Crippen LogP contribution is -2.50. The third kappa shape index (κ3) is 4.39. The Morgan fingerprint density at radius 2 is 2.00 bits per heavy atom. The molecule has 0 bridgehead atoms. The number of benzene rings is 1. The first kappa shape index (κ1) is 17.2. The van der Waals surface area contributed by atoms with Crippen molar-refractivity contribution in [3.8, 4) is 0 Å². The summed E-state index contributed by atoms with van der Waals surface area (Å²) in [4.78, 5) is 5.01. The largest absolute Gasteiger partial charge is 0.315 e. The Morgan fingerprint density at radius 3 is 2.62 bits per heavy atom. The Hall–Kier alpha value is -0.200. The summed E-state index contributed by atoms with van der Waals surface area (Å²) in [6, 6.07) is 6.16. The van der Waals surface area contributed by atoms with Crippen molar-refractivity contribution in [1.82, 2.24) is 15.1 Å². The number of nitrogens with one attached hydrogen (secondary N) is 1. The highest BCUT2D eigenvalue weighted by molar-refractivity contribution is 9.10. The molecule has 0 saturated carbocycles. The summed E-state index contributed by atoms with van der Waals surface area (Å²) in [5.41, 5.74) is 1.06. The van der Waals surface area contributed by atoms with Gasteiger partial charge in [-0.15, -0.1) is 12.4 Å². The zero-order chi connectivity index (χ0) is 13.9. The number of hydrogen-bond donors (Lipinski definition) is 1. The Bertz CT molecular complexity index is 460. The van der Waals surface area contributed by atoms with Crippen LogP contribution in [0.3, 0.4) is 0 Å². The summed E-state index contributed by atoms with van der Waals surface area (Å²) in [5.74, 6) is -0.168. The summed E-state index contributed by atoms with van der Waals surface area (Å²) < 4.78 is 14.1. The van der Waals surface area contributed by atoms with Crippen molar-refractivity contribution in [3.63, 3.8) is 0 Å². The quantitative estimate of drug-likeness (QED) is 0.872. The van der Waals surface area contributed by atoms with Crippen molar-refractivity contribution in [2.75, 3.05) is 39.3 Å². The second-order valence-electron chi connectivity index (χ2n) is 5.71. The van der Waals surface area contributed by atoms with E-state index in [1.165, 1.54) is 6.42 Å². The molecule has 2 saturated heterocycles. The highest BCUT2D eigenvalue weighted by Gasteiger charge is 2.25. The molecule has 0 aromatic heterocycles. The summed E-state index contributed by atoms with van der Waals surface area (Å²) in [6.07, 6.45) is 1.28. The number of halogens is 3. The van der Waals surface area contributed by atoms with Gasteiger partial charge in [-0.2, -0.15) is 0 Å². The fourth-order valence-electron chi connectivity index (χ4n) is 3.13. The van der Waals surface area contributed by atoms with E-state index in [4.69, 9.17) is 0 Å². The summed E-state index contributed by atoms with van der Waals surface area (Å²) >= 11 is 3.20. The molecule has 2 aliphatic heterocycles. The van der Waals surface area contributed by atoms with Gasteiger partial charge in [0.05, 0.1) is 4.47 Å². The van der Waals surface area contributed by atoms with E-state index >= 15 is 0 Å². The normalized spacial score (nSPS) is 24.0. The highest BCUT2D eigenvalue weighted by Crippen LogP contribution is 2.18. The van der Waals surface area contributed by atoms with Crippen molar-refractivity contribution in [2.24, 2.45) is 0 Å². The standard InChI is InChI=1S/C15H21BrFN3.ClH/c16-14-2-1-12(9-15(14)17)11-19-5-7-20(8-6-19)13-3-4-18-10-13;/h1-2,9,13,18H,3-8,10-11H2;1H. The van der Waals surface area contributed by atoms with E-state index in [0.717, 1.165) is 57.4 Å². The molecule has 21 heavy (non-hydrogen) atoms. The molecule has 0 amide bonds. The van der Waals surface area contributed by atoms with Gasteiger partial charge in [0.2, 0.25) is 0 Å². The highest BCUT2D eigenvalue weighted by atomic mass is 79.9.